The zero-order chi connectivity index (χ0) is 15.9. The number of rotatable bonds is 2. The minimum Gasteiger partial charge on any atom is -0.348 e. The summed E-state index contributed by atoms with van der Waals surface area (Å²) in [5.41, 5.74) is 2.24. The van der Waals surface area contributed by atoms with E-state index in [0.29, 0.717) is 29.8 Å². The van der Waals surface area contributed by atoms with Crippen molar-refractivity contribution in [1.82, 2.24) is 9.55 Å². The maximum absolute atomic E-state index is 7.20. The van der Waals surface area contributed by atoms with Crippen LogP contribution in [0.3, 0.4) is 0 Å². The second-order valence-electron chi connectivity index (χ2n) is 6.37. The Kier molecular flexibility index (Phi) is 3.76. The summed E-state index contributed by atoms with van der Waals surface area (Å²) in [5, 5.41) is 0.537. The van der Waals surface area contributed by atoms with E-state index in [1.165, 1.54) is 0 Å². The molecular weight excluding hydrogens is 314 g/mol. The summed E-state index contributed by atoms with van der Waals surface area (Å²) in [6.45, 7) is 9.45. The molecule has 1 spiro atoms. The van der Waals surface area contributed by atoms with Gasteiger partial charge in [0.05, 0.1) is 36.7 Å². The van der Waals surface area contributed by atoms with E-state index in [9.17, 15) is 0 Å². The van der Waals surface area contributed by atoms with Gasteiger partial charge in [0.15, 0.2) is 11.5 Å². The number of ether oxygens (including phenoxy) is 2. The largest absolute Gasteiger partial charge is 0.348 e. The third kappa shape index (κ3) is 2.72. The maximum Gasteiger partial charge on any atom is 0.190 e. The average Bonchev–Trinajstić information content (AvgIpc) is 3.16. The number of fused-ring (bicyclic) bond motifs is 1. The molecule has 120 valence electrons. The molecule has 2 fully saturated rings. The molecule has 1 saturated heterocycles. The smallest absolute Gasteiger partial charge is 0.190 e. The fourth-order valence-electron chi connectivity index (χ4n) is 3.81. The van der Waals surface area contributed by atoms with Crippen LogP contribution in [0, 0.1) is 12.5 Å². The van der Waals surface area contributed by atoms with Gasteiger partial charge in [0.25, 0.3) is 0 Å². The summed E-state index contributed by atoms with van der Waals surface area (Å²) in [4.78, 5) is 7.91. The predicted octanol–water partition coefficient (Wildman–Crippen LogP) is 4.17. The lowest BCUT2D eigenvalue weighted by molar-refractivity contribution is -0.187. The molecule has 1 atom stereocenters. The van der Waals surface area contributed by atoms with Gasteiger partial charge < -0.3 is 14.0 Å². The van der Waals surface area contributed by atoms with Gasteiger partial charge in [-0.05, 0) is 30.9 Å². The molecule has 6 heteroatoms. The van der Waals surface area contributed by atoms with Gasteiger partial charge in [-0.2, -0.15) is 0 Å². The second kappa shape index (κ2) is 5.79. The fourth-order valence-corrected chi connectivity index (χ4v) is 4.07. The molecule has 1 aliphatic carbocycles. The zero-order valence-electron chi connectivity index (χ0n) is 12.8. The van der Waals surface area contributed by atoms with Crippen LogP contribution in [0.1, 0.15) is 25.7 Å². The summed E-state index contributed by atoms with van der Waals surface area (Å²) in [6.07, 6.45) is 6.00. The van der Waals surface area contributed by atoms with Crippen molar-refractivity contribution in [3.63, 3.8) is 0 Å². The molecule has 4 rings (SSSR count). The Morgan fingerprint density at radius 2 is 2.22 bits per heavy atom. The van der Waals surface area contributed by atoms with Crippen LogP contribution in [0.2, 0.25) is 5.02 Å². The lowest BCUT2D eigenvalue weighted by atomic mass is 9.84. The number of hydrogen-bond acceptors (Lipinski definition) is 3. The van der Waals surface area contributed by atoms with Crippen LogP contribution in [-0.2, 0) is 16.0 Å². The lowest BCUT2D eigenvalue weighted by Crippen LogP contribution is -2.37. The number of aromatic nitrogens is 2. The molecule has 2 aromatic rings. The molecule has 0 bridgehead atoms. The number of nitrogens with zero attached hydrogens (tertiary/aromatic N) is 3. The summed E-state index contributed by atoms with van der Waals surface area (Å²) in [6, 6.07) is 3.53. The predicted molar refractivity (Wildman–Crippen MR) is 87.6 cm³/mol. The van der Waals surface area contributed by atoms with Crippen molar-refractivity contribution in [3.05, 3.63) is 34.9 Å². The van der Waals surface area contributed by atoms with E-state index < -0.39 is 0 Å². The van der Waals surface area contributed by atoms with E-state index >= 15 is 0 Å². The topological polar surface area (TPSA) is 40.6 Å². The summed E-state index contributed by atoms with van der Waals surface area (Å²) < 4.78 is 13.8. The number of hydrogen-bond donors (Lipinski definition) is 0. The van der Waals surface area contributed by atoms with Crippen LogP contribution < -0.4 is 0 Å². The summed E-state index contributed by atoms with van der Waals surface area (Å²) in [5.74, 6) is 0.119. The minimum atomic E-state index is -0.362. The van der Waals surface area contributed by atoms with Crippen LogP contribution in [0.4, 0.5) is 5.69 Å². The van der Waals surface area contributed by atoms with Crippen LogP contribution in [0.15, 0.2) is 18.5 Å². The van der Waals surface area contributed by atoms with Gasteiger partial charge in [-0.15, -0.1) is 0 Å². The molecule has 1 aliphatic heterocycles. The van der Waals surface area contributed by atoms with E-state index in [0.717, 1.165) is 43.3 Å². The molecule has 1 aromatic carbocycles. The second-order valence-corrected chi connectivity index (χ2v) is 6.78. The molecule has 0 radical (unpaired) electrons. The van der Waals surface area contributed by atoms with Crippen molar-refractivity contribution in [2.24, 2.45) is 5.92 Å². The first-order valence-electron chi connectivity index (χ1n) is 7.99. The minimum absolute atomic E-state index is 0.362. The number of imidazole rings is 1. The Labute approximate surface area is 140 Å². The van der Waals surface area contributed by atoms with Gasteiger partial charge in [-0.3, -0.25) is 0 Å². The van der Waals surface area contributed by atoms with Gasteiger partial charge in [0, 0.05) is 19.4 Å². The lowest BCUT2D eigenvalue weighted by Gasteiger charge is -2.36. The van der Waals surface area contributed by atoms with Gasteiger partial charge in [0.1, 0.15) is 5.52 Å². The van der Waals surface area contributed by atoms with Crippen molar-refractivity contribution in [2.75, 3.05) is 13.2 Å². The van der Waals surface area contributed by atoms with E-state index in [2.05, 4.69) is 14.4 Å². The van der Waals surface area contributed by atoms with Crippen molar-refractivity contribution >= 4 is 28.3 Å². The monoisotopic (exact) mass is 331 g/mol. The van der Waals surface area contributed by atoms with Crippen LogP contribution in [0.5, 0.6) is 0 Å². The molecule has 23 heavy (non-hydrogen) atoms. The molecule has 0 unspecified atom stereocenters. The summed E-state index contributed by atoms with van der Waals surface area (Å²) in [7, 11) is 0. The molecule has 2 heterocycles. The van der Waals surface area contributed by atoms with E-state index in [1.54, 1.807) is 6.07 Å². The third-order valence-electron chi connectivity index (χ3n) is 4.83. The summed E-state index contributed by atoms with van der Waals surface area (Å²) >= 11 is 6.24. The first kappa shape index (κ1) is 14.9. The first-order valence-corrected chi connectivity index (χ1v) is 8.37. The van der Waals surface area contributed by atoms with Crippen LogP contribution in [0.25, 0.3) is 15.9 Å². The van der Waals surface area contributed by atoms with Crippen molar-refractivity contribution in [2.45, 2.75) is 38.0 Å². The number of benzene rings is 1. The fraction of sp³-hybridized carbons (Fsp3) is 0.529. The maximum atomic E-state index is 7.20. The molecule has 0 N–H and O–H groups in total. The Bertz CT molecular complexity index is 774. The Hall–Kier alpha value is -1.61. The van der Waals surface area contributed by atoms with E-state index in [-0.39, 0.29) is 5.79 Å². The normalized spacial score (nSPS) is 23.4. The van der Waals surface area contributed by atoms with Gasteiger partial charge in [-0.25, -0.2) is 9.83 Å². The quantitative estimate of drug-likeness (QED) is 0.775. The Balaban J connectivity index is 1.60. The highest BCUT2D eigenvalue weighted by molar-refractivity contribution is 6.35. The first-order chi connectivity index (χ1) is 11.2. The molecule has 1 saturated carbocycles. The standard InChI is InChI=1S/C17H18ClN3O2/c1-19-13-7-14(18)16-15(8-13)21(11-20-16)10-12-3-2-4-17(9-12)22-5-6-23-17/h7-8,11-12H,2-6,9-10H2/t12-/m0/s1. The Morgan fingerprint density at radius 3 is 3.00 bits per heavy atom. The van der Waals surface area contributed by atoms with Gasteiger partial charge in [-0.1, -0.05) is 11.6 Å². The zero-order valence-corrected chi connectivity index (χ0v) is 13.6. The average molecular weight is 332 g/mol. The SMILES string of the molecule is [C-]#[N+]c1cc(Cl)c2ncn(C[C@H]3CCCC4(C3)OCCO4)c2c1. The highest BCUT2D eigenvalue weighted by Crippen LogP contribution is 2.40. The molecule has 5 nitrogen and oxygen atoms in total. The number of halogens is 1. The highest BCUT2D eigenvalue weighted by Gasteiger charge is 2.41. The van der Waals surface area contributed by atoms with Crippen molar-refractivity contribution in [3.8, 4) is 0 Å². The third-order valence-corrected chi connectivity index (χ3v) is 5.12. The van der Waals surface area contributed by atoms with E-state index in [1.807, 2.05) is 12.4 Å². The van der Waals surface area contributed by atoms with Gasteiger partial charge >= 0.3 is 0 Å². The van der Waals surface area contributed by atoms with Crippen molar-refractivity contribution < 1.29 is 9.47 Å². The molecular formula is C17H18ClN3O2. The van der Waals surface area contributed by atoms with Crippen LogP contribution >= 0.6 is 11.6 Å². The highest BCUT2D eigenvalue weighted by atomic mass is 35.5. The Morgan fingerprint density at radius 1 is 1.39 bits per heavy atom. The molecule has 2 aliphatic rings. The molecule has 0 amide bonds. The molecule has 1 aromatic heterocycles. The van der Waals surface area contributed by atoms with E-state index in [4.69, 9.17) is 27.6 Å². The van der Waals surface area contributed by atoms with Crippen LogP contribution in [-0.4, -0.2) is 28.6 Å². The van der Waals surface area contributed by atoms with Gasteiger partial charge in [0.2, 0.25) is 0 Å². The van der Waals surface area contributed by atoms with Crippen molar-refractivity contribution in [1.29, 1.82) is 0 Å².